The molecule has 11 heteroatoms. The first-order valence-electron chi connectivity index (χ1n) is 10.0. The minimum atomic E-state index is -3.92. The Morgan fingerprint density at radius 3 is 2.81 bits per heavy atom. The van der Waals surface area contributed by atoms with Crippen LogP contribution in [0.1, 0.15) is 19.8 Å². The van der Waals surface area contributed by atoms with Crippen LogP contribution in [0, 0.1) is 11.7 Å². The van der Waals surface area contributed by atoms with Gasteiger partial charge in [-0.1, -0.05) is 11.6 Å². The average molecular weight is 482 g/mol. The van der Waals surface area contributed by atoms with E-state index in [1.54, 1.807) is 6.92 Å². The molecule has 170 valence electrons. The number of rotatable bonds is 4. The lowest BCUT2D eigenvalue weighted by Gasteiger charge is -2.31. The van der Waals surface area contributed by atoms with E-state index in [-0.39, 0.29) is 40.3 Å². The zero-order valence-electron chi connectivity index (χ0n) is 17.1. The molecule has 0 radical (unpaired) electrons. The smallest absolute Gasteiger partial charge is 0.265 e. The van der Waals surface area contributed by atoms with Crippen LogP contribution in [-0.4, -0.2) is 43.7 Å². The van der Waals surface area contributed by atoms with Crippen LogP contribution in [0.2, 0.25) is 5.02 Å². The number of halogens is 2. The topological polar surface area (TPSA) is 105 Å². The molecule has 0 aliphatic carbocycles. The van der Waals surface area contributed by atoms with Crippen LogP contribution in [0.3, 0.4) is 0 Å². The van der Waals surface area contributed by atoms with E-state index < -0.39 is 33.8 Å². The van der Waals surface area contributed by atoms with E-state index in [4.69, 9.17) is 16.3 Å². The standard InChI is InChI=1S/C21H21ClFN3O5S/c1-12-20(27)25-18-10-15(5-7-19(18)31-12)32(29,30)26-8-2-3-13(11-26)21(28)24-17-6-4-14(22)9-16(17)23/h4-7,9-10,12-13H,2-3,8,11H2,1H3,(H,24,28)(H,25,27)/t12-,13-/m0/s1. The molecule has 0 bridgehead atoms. The molecule has 0 spiro atoms. The third kappa shape index (κ3) is 4.43. The molecule has 2 amide bonds. The molecule has 2 aromatic rings. The van der Waals surface area contributed by atoms with Gasteiger partial charge in [0.05, 0.1) is 22.2 Å². The Bertz CT molecular complexity index is 1190. The van der Waals surface area contributed by atoms with Gasteiger partial charge in [0.15, 0.2) is 6.10 Å². The number of amides is 2. The van der Waals surface area contributed by atoms with Crippen molar-refractivity contribution in [1.29, 1.82) is 0 Å². The maximum atomic E-state index is 14.0. The summed E-state index contributed by atoms with van der Waals surface area (Å²) in [6.45, 7) is 1.80. The van der Waals surface area contributed by atoms with E-state index in [0.29, 0.717) is 18.6 Å². The first-order chi connectivity index (χ1) is 15.1. The zero-order valence-corrected chi connectivity index (χ0v) is 18.7. The normalized spacial score (nSPS) is 21.3. The van der Waals surface area contributed by atoms with Crippen LogP contribution >= 0.6 is 11.6 Å². The number of sulfonamides is 1. The third-order valence-electron chi connectivity index (χ3n) is 5.46. The van der Waals surface area contributed by atoms with Crippen molar-refractivity contribution in [3.8, 4) is 5.75 Å². The number of ether oxygens (including phenoxy) is 1. The predicted molar refractivity (Wildman–Crippen MR) is 117 cm³/mol. The van der Waals surface area contributed by atoms with E-state index >= 15 is 0 Å². The highest BCUT2D eigenvalue weighted by Gasteiger charge is 2.34. The molecule has 1 fully saturated rings. The van der Waals surface area contributed by atoms with Gasteiger partial charge >= 0.3 is 0 Å². The Kier molecular flexibility index (Phi) is 6.11. The number of carbonyl (C=O) groups is 2. The monoisotopic (exact) mass is 481 g/mol. The van der Waals surface area contributed by atoms with E-state index in [2.05, 4.69) is 10.6 Å². The van der Waals surface area contributed by atoms with Crippen molar-refractivity contribution >= 4 is 44.8 Å². The number of anilines is 2. The number of nitrogens with zero attached hydrogens (tertiary/aromatic N) is 1. The van der Waals surface area contributed by atoms with Gasteiger partial charge in [0.2, 0.25) is 15.9 Å². The first-order valence-corrected chi connectivity index (χ1v) is 11.8. The quantitative estimate of drug-likeness (QED) is 0.697. The van der Waals surface area contributed by atoms with Gasteiger partial charge in [0.1, 0.15) is 11.6 Å². The van der Waals surface area contributed by atoms with Gasteiger partial charge in [-0.05, 0) is 56.2 Å². The highest BCUT2D eigenvalue weighted by molar-refractivity contribution is 7.89. The molecule has 0 saturated carbocycles. The number of benzene rings is 2. The minimum Gasteiger partial charge on any atom is -0.479 e. The van der Waals surface area contributed by atoms with E-state index in [9.17, 15) is 22.4 Å². The van der Waals surface area contributed by atoms with Crippen LogP contribution in [0.5, 0.6) is 5.75 Å². The van der Waals surface area contributed by atoms with Crippen molar-refractivity contribution in [1.82, 2.24) is 4.31 Å². The number of hydrogen-bond acceptors (Lipinski definition) is 5. The highest BCUT2D eigenvalue weighted by Crippen LogP contribution is 2.34. The van der Waals surface area contributed by atoms with Crippen LogP contribution in [-0.2, 0) is 19.6 Å². The summed E-state index contributed by atoms with van der Waals surface area (Å²) in [6, 6.07) is 8.16. The molecule has 0 aromatic heterocycles. The van der Waals surface area contributed by atoms with Gasteiger partial charge < -0.3 is 15.4 Å². The summed E-state index contributed by atoms with van der Waals surface area (Å²) in [5, 5.41) is 5.35. The van der Waals surface area contributed by atoms with E-state index in [1.807, 2.05) is 0 Å². The number of carbonyl (C=O) groups excluding carboxylic acids is 2. The largest absolute Gasteiger partial charge is 0.479 e. The molecule has 1 saturated heterocycles. The molecule has 32 heavy (non-hydrogen) atoms. The van der Waals surface area contributed by atoms with Crippen molar-refractivity contribution in [2.45, 2.75) is 30.8 Å². The Morgan fingerprint density at radius 1 is 1.28 bits per heavy atom. The van der Waals surface area contributed by atoms with E-state index in [0.717, 1.165) is 6.07 Å². The number of fused-ring (bicyclic) bond motifs is 1. The molecule has 2 N–H and O–H groups in total. The molecule has 2 aliphatic heterocycles. The molecule has 4 rings (SSSR count). The van der Waals surface area contributed by atoms with Gasteiger partial charge in [0.25, 0.3) is 5.91 Å². The van der Waals surface area contributed by atoms with Crippen molar-refractivity contribution in [2.75, 3.05) is 23.7 Å². The lowest BCUT2D eigenvalue weighted by Crippen LogP contribution is -2.43. The maximum absolute atomic E-state index is 14.0. The summed E-state index contributed by atoms with van der Waals surface area (Å²) in [5.41, 5.74) is 0.262. The number of piperidine rings is 1. The molecular formula is C21H21ClFN3O5S. The second-order valence-corrected chi connectivity index (χ2v) is 10.1. The summed E-state index contributed by atoms with van der Waals surface area (Å²) in [4.78, 5) is 24.5. The van der Waals surface area contributed by atoms with Crippen LogP contribution in [0.4, 0.5) is 15.8 Å². The van der Waals surface area contributed by atoms with Gasteiger partial charge in [-0.3, -0.25) is 9.59 Å². The van der Waals surface area contributed by atoms with Gasteiger partial charge in [-0.2, -0.15) is 4.31 Å². The van der Waals surface area contributed by atoms with E-state index in [1.165, 1.54) is 34.6 Å². The van der Waals surface area contributed by atoms with Crippen LogP contribution in [0.15, 0.2) is 41.3 Å². The van der Waals surface area contributed by atoms with Crippen molar-refractivity contribution in [2.24, 2.45) is 5.92 Å². The van der Waals surface area contributed by atoms with Crippen molar-refractivity contribution in [3.63, 3.8) is 0 Å². The Hall–Kier alpha value is -2.69. The second kappa shape index (κ2) is 8.68. The van der Waals surface area contributed by atoms with Gasteiger partial charge in [-0.25, -0.2) is 12.8 Å². The Labute approximate surface area is 189 Å². The SMILES string of the molecule is C[C@@H]1Oc2ccc(S(=O)(=O)N3CCC[C@H](C(=O)Nc4ccc(Cl)cc4F)C3)cc2NC1=O. The molecule has 2 aromatic carbocycles. The molecular weight excluding hydrogens is 461 g/mol. The fourth-order valence-corrected chi connectivity index (χ4v) is 5.41. The Morgan fingerprint density at radius 2 is 2.06 bits per heavy atom. The van der Waals surface area contributed by atoms with Crippen molar-refractivity contribution < 1.29 is 27.1 Å². The second-order valence-electron chi connectivity index (χ2n) is 7.72. The molecule has 2 aliphatic rings. The fourth-order valence-electron chi connectivity index (χ4n) is 3.70. The average Bonchev–Trinajstić information content (AvgIpc) is 2.76. The van der Waals surface area contributed by atoms with Crippen LogP contribution < -0.4 is 15.4 Å². The summed E-state index contributed by atoms with van der Waals surface area (Å²) in [7, 11) is -3.92. The Balaban J connectivity index is 1.50. The zero-order chi connectivity index (χ0) is 23.0. The number of hydrogen-bond donors (Lipinski definition) is 2. The third-order valence-corrected chi connectivity index (χ3v) is 7.56. The van der Waals surface area contributed by atoms with Crippen LogP contribution in [0.25, 0.3) is 0 Å². The van der Waals surface area contributed by atoms with Gasteiger partial charge in [0, 0.05) is 18.1 Å². The lowest BCUT2D eigenvalue weighted by molar-refractivity contribution is -0.123. The fraction of sp³-hybridized carbons (Fsp3) is 0.333. The molecule has 0 unspecified atom stereocenters. The summed E-state index contributed by atoms with van der Waals surface area (Å²) < 4.78 is 47.1. The predicted octanol–water partition coefficient (Wildman–Crippen LogP) is 3.24. The first kappa shape index (κ1) is 22.5. The number of nitrogens with one attached hydrogen (secondary N) is 2. The van der Waals surface area contributed by atoms with Crippen molar-refractivity contribution in [3.05, 3.63) is 47.2 Å². The highest BCUT2D eigenvalue weighted by atomic mass is 35.5. The lowest BCUT2D eigenvalue weighted by atomic mass is 9.98. The molecule has 8 nitrogen and oxygen atoms in total. The molecule has 2 heterocycles. The maximum Gasteiger partial charge on any atom is 0.265 e. The van der Waals surface area contributed by atoms with Gasteiger partial charge in [-0.15, -0.1) is 0 Å². The minimum absolute atomic E-state index is 0.0143. The summed E-state index contributed by atoms with van der Waals surface area (Å²) in [6.07, 6.45) is 0.277. The molecule has 2 atom stereocenters. The summed E-state index contributed by atoms with van der Waals surface area (Å²) >= 11 is 5.73. The summed E-state index contributed by atoms with van der Waals surface area (Å²) in [5.74, 6) is -1.76.